The van der Waals surface area contributed by atoms with E-state index in [1.54, 1.807) is 6.20 Å². The zero-order chi connectivity index (χ0) is 13.0. The largest absolute Gasteiger partial charge is 0.362 e. The van der Waals surface area contributed by atoms with Gasteiger partial charge in [0.25, 0.3) is 0 Å². The van der Waals surface area contributed by atoms with Gasteiger partial charge in [0, 0.05) is 37.7 Å². The van der Waals surface area contributed by atoms with Crippen LogP contribution in [0.15, 0.2) is 18.6 Å². The van der Waals surface area contributed by atoms with Gasteiger partial charge in [0.2, 0.25) is 5.95 Å². The Balaban J connectivity index is 2.08. The number of aryl methyl sites for hydroxylation is 2. The molecule has 0 aromatic carbocycles. The van der Waals surface area contributed by atoms with E-state index >= 15 is 0 Å². The molecule has 0 aliphatic rings. The van der Waals surface area contributed by atoms with Gasteiger partial charge in [-0.05, 0) is 13.8 Å². The Morgan fingerprint density at radius 1 is 1.28 bits per heavy atom. The summed E-state index contributed by atoms with van der Waals surface area (Å²) in [6.07, 6.45) is 5.52. The average Bonchev–Trinajstić information content (AvgIpc) is 2.76. The Labute approximate surface area is 106 Å². The van der Waals surface area contributed by atoms with Crippen molar-refractivity contribution in [1.82, 2.24) is 19.5 Å². The summed E-state index contributed by atoms with van der Waals surface area (Å²) >= 11 is 0. The zero-order valence-corrected chi connectivity index (χ0v) is 10.9. The van der Waals surface area contributed by atoms with Crippen LogP contribution in [0.2, 0.25) is 0 Å². The standard InChI is InChI=1S/C12H18N6/c1-4-13-12-16-7-9(2)11(17-12)15-8-10-14-5-6-18(10)3/h5-7H,4,8H2,1-3H3,(H2,13,15,16,17). The van der Waals surface area contributed by atoms with E-state index < -0.39 is 0 Å². The van der Waals surface area contributed by atoms with Crippen molar-refractivity contribution in [2.24, 2.45) is 7.05 Å². The van der Waals surface area contributed by atoms with E-state index in [-0.39, 0.29) is 0 Å². The molecule has 18 heavy (non-hydrogen) atoms. The van der Waals surface area contributed by atoms with Gasteiger partial charge in [-0.25, -0.2) is 9.97 Å². The monoisotopic (exact) mass is 246 g/mol. The lowest BCUT2D eigenvalue weighted by Gasteiger charge is -2.10. The van der Waals surface area contributed by atoms with Crippen LogP contribution in [0.25, 0.3) is 0 Å². The molecule has 2 N–H and O–H groups in total. The van der Waals surface area contributed by atoms with Crippen molar-refractivity contribution in [3.05, 3.63) is 30.0 Å². The summed E-state index contributed by atoms with van der Waals surface area (Å²) in [7, 11) is 1.97. The molecule has 2 heterocycles. The van der Waals surface area contributed by atoms with E-state index in [2.05, 4.69) is 25.6 Å². The molecule has 2 aromatic rings. The lowest BCUT2D eigenvalue weighted by Crippen LogP contribution is -2.10. The van der Waals surface area contributed by atoms with Crippen molar-refractivity contribution >= 4 is 11.8 Å². The Bertz CT molecular complexity index is 519. The molecular formula is C12H18N6. The van der Waals surface area contributed by atoms with Crippen molar-refractivity contribution in [2.45, 2.75) is 20.4 Å². The predicted octanol–water partition coefficient (Wildman–Crippen LogP) is 1.56. The van der Waals surface area contributed by atoms with Crippen LogP contribution in [-0.2, 0) is 13.6 Å². The Hall–Kier alpha value is -2.11. The first kappa shape index (κ1) is 12.3. The highest BCUT2D eigenvalue weighted by molar-refractivity contribution is 5.46. The van der Waals surface area contributed by atoms with Crippen LogP contribution >= 0.6 is 0 Å². The number of aromatic nitrogens is 4. The molecule has 0 aliphatic carbocycles. The number of nitrogens with zero attached hydrogens (tertiary/aromatic N) is 4. The number of hydrogen-bond donors (Lipinski definition) is 2. The van der Waals surface area contributed by atoms with Gasteiger partial charge in [-0.15, -0.1) is 0 Å². The molecule has 6 nitrogen and oxygen atoms in total. The highest BCUT2D eigenvalue weighted by atomic mass is 15.2. The van der Waals surface area contributed by atoms with E-state index in [9.17, 15) is 0 Å². The third-order valence-electron chi connectivity index (χ3n) is 2.64. The lowest BCUT2D eigenvalue weighted by molar-refractivity contribution is 0.809. The van der Waals surface area contributed by atoms with Crippen LogP contribution in [-0.4, -0.2) is 26.1 Å². The fourth-order valence-electron chi connectivity index (χ4n) is 1.59. The van der Waals surface area contributed by atoms with Crippen LogP contribution in [0.5, 0.6) is 0 Å². The Morgan fingerprint density at radius 3 is 2.78 bits per heavy atom. The Kier molecular flexibility index (Phi) is 3.76. The molecule has 2 rings (SSSR count). The maximum atomic E-state index is 4.42. The maximum Gasteiger partial charge on any atom is 0.224 e. The topological polar surface area (TPSA) is 67.7 Å². The summed E-state index contributed by atoms with van der Waals surface area (Å²) in [6, 6.07) is 0. The summed E-state index contributed by atoms with van der Waals surface area (Å²) in [5.74, 6) is 2.45. The van der Waals surface area contributed by atoms with E-state index in [1.165, 1.54) is 0 Å². The molecule has 0 saturated heterocycles. The quantitative estimate of drug-likeness (QED) is 0.838. The number of anilines is 2. The smallest absolute Gasteiger partial charge is 0.224 e. The van der Waals surface area contributed by atoms with Gasteiger partial charge in [-0.2, -0.15) is 4.98 Å². The van der Waals surface area contributed by atoms with Gasteiger partial charge in [0.05, 0.1) is 6.54 Å². The minimum atomic E-state index is 0.644. The molecular weight excluding hydrogens is 228 g/mol. The highest BCUT2D eigenvalue weighted by Gasteiger charge is 2.04. The van der Waals surface area contributed by atoms with Gasteiger partial charge < -0.3 is 15.2 Å². The van der Waals surface area contributed by atoms with Crippen molar-refractivity contribution in [2.75, 3.05) is 17.2 Å². The minimum absolute atomic E-state index is 0.644. The van der Waals surface area contributed by atoms with Crippen LogP contribution in [0, 0.1) is 6.92 Å². The highest BCUT2D eigenvalue weighted by Crippen LogP contribution is 2.13. The van der Waals surface area contributed by atoms with Crippen molar-refractivity contribution in [3.63, 3.8) is 0 Å². The first-order valence-corrected chi connectivity index (χ1v) is 5.98. The van der Waals surface area contributed by atoms with Gasteiger partial charge in [-0.3, -0.25) is 0 Å². The van der Waals surface area contributed by atoms with E-state index in [0.29, 0.717) is 12.5 Å². The Morgan fingerprint density at radius 2 is 2.11 bits per heavy atom. The fraction of sp³-hybridized carbons (Fsp3) is 0.417. The van der Waals surface area contributed by atoms with Crippen LogP contribution in [0.3, 0.4) is 0 Å². The summed E-state index contributed by atoms with van der Waals surface area (Å²) in [6.45, 7) is 5.45. The fourth-order valence-corrected chi connectivity index (χ4v) is 1.59. The summed E-state index contributed by atoms with van der Waals surface area (Å²) in [5, 5.41) is 6.38. The maximum absolute atomic E-state index is 4.42. The molecule has 0 amide bonds. The molecule has 6 heteroatoms. The molecule has 0 radical (unpaired) electrons. The molecule has 0 bridgehead atoms. The first-order valence-electron chi connectivity index (χ1n) is 5.98. The first-order chi connectivity index (χ1) is 8.70. The second-order valence-electron chi connectivity index (χ2n) is 4.06. The van der Waals surface area contributed by atoms with E-state index in [0.717, 1.165) is 23.8 Å². The van der Waals surface area contributed by atoms with Crippen LogP contribution in [0.1, 0.15) is 18.3 Å². The number of hydrogen-bond acceptors (Lipinski definition) is 5. The van der Waals surface area contributed by atoms with E-state index in [1.807, 2.05) is 37.9 Å². The van der Waals surface area contributed by atoms with Gasteiger partial charge in [0.15, 0.2) is 0 Å². The van der Waals surface area contributed by atoms with Crippen LogP contribution < -0.4 is 10.6 Å². The molecule has 0 fully saturated rings. The molecule has 0 atom stereocenters. The van der Waals surface area contributed by atoms with Crippen molar-refractivity contribution in [3.8, 4) is 0 Å². The molecule has 0 unspecified atom stereocenters. The van der Waals surface area contributed by atoms with E-state index in [4.69, 9.17) is 0 Å². The minimum Gasteiger partial charge on any atom is -0.362 e. The lowest BCUT2D eigenvalue weighted by atomic mass is 10.3. The van der Waals surface area contributed by atoms with Crippen LogP contribution in [0.4, 0.5) is 11.8 Å². The van der Waals surface area contributed by atoms with Gasteiger partial charge in [-0.1, -0.05) is 0 Å². The summed E-state index contributed by atoms with van der Waals surface area (Å²) in [5.41, 5.74) is 1.02. The van der Waals surface area contributed by atoms with Gasteiger partial charge in [0.1, 0.15) is 11.6 Å². The second kappa shape index (κ2) is 5.48. The predicted molar refractivity (Wildman–Crippen MR) is 71.5 cm³/mol. The third-order valence-corrected chi connectivity index (χ3v) is 2.64. The molecule has 0 spiro atoms. The summed E-state index contributed by atoms with van der Waals surface area (Å²) in [4.78, 5) is 12.9. The summed E-state index contributed by atoms with van der Waals surface area (Å²) < 4.78 is 1.98. The number of nitrogens with one attached hydrogen (secondary N) is 2. The number of imidazole rings is 1. The second-order valence-corrected chi connectivity index (χ2v) is 4.06. The average molecular weight is 246 g/mol. The normalized spacial score (nSPS) is 10.4. The van der Waals surface area contributed by atoms with Gasteiger partial charge >= 0.3 is 0 Å². The SMILES string of the molecule is CCNc1ncc(C)c(NCc2nccn2C)n1. The molecule has 0 saturated carbocycles. The zero-order valence-electron chi connectivity index (χ0n) is 10.9. The molecule has 2 aromatic heterocycles. The van der Waals surface area contributed by atoms with Crippen molar-refractivity contribution < 1.29 is 0 Å². The molecule has 96 valence electrons. The third kappa shape index (κ3) is 2.77. The molecule has 0 aliphatic heterocycles. The van der Waals surface area contributed by atoms with Crippen molar-refractivity contribution in [1.29, 1.82) is 0 Å². The number of rotatable bonds is 5.